The first-order chi connectivity index (χ1) is 5.04. The molecule has 0 amide bonds. The molecule has 0 aromatic heterocycles. The third kappa shape index (κ3) is 1.64. The number of hydrogen-bond donors (Lipinski definition) is 4. The third-order valence-electron chi connectivity index (χ3n) is 1.55. The van der Waals surface area contributed by atoms with Crippen molar-refractivity contribution in [1.29, 1.82) is 0 Å². The molecule has 0 aromatic carbocycles. The maximum absolute atomic E-state index is 9.02. The smallest absolute Gasteiger partial charge is 0.184 e. The Morgan fingerprint density at radius 1 is 1.18 bits per heavy atom. The van der Waals surface area contributed by atoms with E-state index < -0.39 is 30.2 Å². The number of ether oxygens (including phenoxy) is 1. The van der Waals surface area contributed by atoms with Gasteiger partial charge in [-0.05, 0) is 0 Å². The van der Waals surface area contributed by atoms with Crippen LogP contribution in [0.2, 0.25) is 0 Å². The average Bonchev–Trinajstić information content (AvgIpc) is 2.17. The van der Waals surface area contributed by atoms with Gasteiger partial charge in [0.1, 0.15) is 18.3 Å². The Balaban J connectivity index is 2.59. The minimum atomic E-state index is -1.48. The van der Waals surface area contributed by atoms with Crippen molar-refractivity contribution < 1.29 is 25.2 Å². The highest BCUT2D eigenvalue weighted by molar-refractivity contribution is 6.19. The van der Waals surface area contributed by atoms with Crippen LogP contribution in [-0.2, 0) is 4.74 Å². The van der Waals surface area contributed by atoms with Gasteiger partial charge in [-0.1, -0.05) is 11.6 Å². The van der Waals surface area contributed by atoms with Gasteiger partial charge in [-0.3, -0.25) is 0 Å². The molecule has 0 aromatic rings. The van der Waals surface area contributed by atoms with Gasteiger partial charge in [-0.15, -0.1) is 0 Å². The standard InChI is InChI=1S/C5H9ClO5/c6-4(9)3-1(7)2(8)5(10)11-3/h1-5,7-10H/t1-,2+,3-,4?,5-/m0/s1. The van der Waals surface area contributed by atoms with Crippen molar-refractivity contribution in [3.05, 3.63) is 0 Å². The summed E-state index contributed by atoms with van der Waals surface area (Å²) >= 11 is 5.16. The highest BCUT2D eigenvalue weighted by Gasteiger charge is 2.44. The second-order valence-electron chi connectivity index (χ2n) is 2.35. The van der Waals surface area contributed by atoms with Gasteiger partial charge in [0.05, 0.1) is 0 Å². The topological polar surface area (TPSA) is 90.2 Å². The normalized spacial score (nSPS) is 47.7. The lowest BCUT2D eigenvalue weighted by molar-refractivity contribution is -0.137. The molecular formula is C5H9ClO5. The molecule has 1 aliphatic rings. The van der Waals surface area contributed by atoms with E-state index in [-0.39, 0.29) is 0 Å². The van der Waals surface area contributed by atoms with Crippen LogP contribution >= 0.6 is 11.6 Å². The van der Waals surface area contributed by atoms with Crippen molar-refractivity contribution in [2.45, 2.75) is 30.2 Å². The summed E-state index contributed by atoms with van der Waals surface area (Å²) in [5, 5.41) is 35.4. The maximum Gasteiger partial charge on any atom is 0.184 e. The van der Waals surface area contributed by atoms with E-state index in [1.54, 1.807) is 0 Å². The molecule has 6 heteroatoms. The van der Waals surface area contributed by atoms with Crippen molar-refractivity contribution in [1.82, 2.24) is 0 Å². The van der Waals surface area contributed by atoms with E-state index in [0.717, 1.165) is 0 Å². The maximum atomic E-state index is 9.02. The summed E-state index contributed by atoms with van der Waals surface area (Å²) in [6, 6.07) is 0. The summed E-state index contributed by atoms with van der Waals surface area (Å²) in [7, 11) is 0. The molecule has 0 bridgehead atoms. The summed E-state index contributed by atoms with van der Waals surface area (Å²) in [6.45, 7) is 0. The summed E-state index contributed by atoms with van der Waals surface area (Å²) in [4.78, 5) is 0. The predicted molar refractivity (Wildman–Crippen MR) is 34.8 cm³/mol. The van der Waals surface area contributed by atoms with Crippen molar-refractivity contribution in [2.75, 3.05) is 0 Å². The molecule has 1 aliphatic heterocycles. The van der Waals surface area contributed by atoms with E-state index in [2.05, 4.69) is 4.74 Å². The Morgan fingerprint density at radius 3 is 1.91 bits per heavy atom. The Bertz CT molecular complexity index is 141. The lowest BCUT2D eigenvalue weighted by Crippen LogP contribution is -2.36. The Labute approximate surface area is 67.8 Å². The first-order valence-electron chi connectivity index (χ1n) is 3.06. The van der Waals surface area contributed by atoms with Gasteiger partial charge in [-0.2, -0.15) is 0 Å². The molecule has 1 heterocycles. The zero-order valence-electron chi connectivity index (χ0n) is 5.46. The number of rotatable bonds is 1. The molecule has 5 nitrogen and oxygen atoms in total. The first-order valence-corrected chi connectivity index (χ1v) is 3.49. The van der Waals surface area contributed by atoms with Crippen molar-refractivity contribution in [3.8, 4) is 0 Å². The highest BCUT2D eigenvalue weighted by atomic mass is 35.5. The van der Waals surface area contributed by atoms with E-state index >= 15 is 0 Å². The number of halogens is 1. The minimum Gasteiger partial charge on any atom is -0.387 e. The number of aliphatic hydroxyl groups is 4. The van der Waals surface area contributed by atoms with E-state index in [1.165, 1.54) is 0 Å². The summed E-state index contributed by atoms with van der Waals surface area (Å²) in [6.07, 6.45) is -5.38. The lowest BCUT2D eigenvalue weighted by Gasteiger charge is -2.14. The average molecular weight is 185 g/mol. The second kappa shape index (κ2) is 3.22. The fourth-order valence-electron chi connectivity index (χ4n) is 0.913. The fraction of sp³-hybridized carbons (Fsp3) is 1.00. The molecule has 1 saturated heterocycles. The van der Waals surface area contributed by atoms with Gasteiger partial charge in [0, 0.05) is 0 Å². The second-order valence-corrected chi connectivity index (χ2v) is 2.79. The van der Waals surface area contributed by atoms with Gasteiger partial charge >= 0.3 is 0 Å². The molecule has 0 radical (unpaired) electrons. The largest absolute Gasteiger partial charge is 0.387 e. The lowest BCUT2D eigenvalue weighted by atomic mass is 10.1. The highest BCUT2D eigenvalue weighted by Crippen LogP contribution is 2.23. The Kier molecular flexibility index (Phi) is 2.69. The molecule has 1 unspecified atom stereocenters. The first kappa shape index (κ1) is 9.18. The zero-order chi connectivity index (χ0) is 8.59. The van der Waals surface area contributed by atoms with Crippen LogP contribution in [0.3, 0.4) is 0 Å². The molecule has 11 heavy (non-hydrogen) atoms. The van der Waals surface area contributed by atoms with Crippen LogP contribution in [0, 0.1) is 0 Å². The van der Waals surface area contributed by atoms with Gasteiger partial charge < -0.3 is 25.2 Å². The monoisotopic (exact) mass is 184 g/mol. The van der Waals surface area contributed by atoms with Crippen LogP contribution in [0.25, 0.3) is 0 Å². The van der Waals surface area contributed by atoms with Crippen LogP contribution < -0.4 is 0 Å². The molecule has 0 spiro atoms. The molecule has 66 valence electrons. The Morgan fingerprint density at radius 2 is 1.73 bits per heavy atom. The molecule has 1 rings (SSSR count). The molecule has 4 N–H and O–H groups in total. The van der Waals surface area contributed by atoms with E-state index in [0.29, 0.717) is 0 Å². The molecule has 0 aliphatic carbocycles. The minimum absolute atomic E-state index is 1.14. The van der Waals surface area contributed by atoms with Crippen LogP contribution in [0.5, 0.6) is 0 Å². The van der Waals surface area contributed by atoms with Gasteiger partial charge in [0.25, 0.3) is 0 Å². The van der Waals surface area contributed by atoms with E-state index in [1.807, 2.05) is 0 Å². The van der Waals surface area contributed by atoms with Gasteiger partial charge in [-0.25, -0.2) is 0 Å². The van der Waals surface area contributed by atoms with Crippen LogP contribution in [0.4, 0.5) is 0 Å². The number of aliphatic hydroxyl groups excluding tert-OH is 4. The molecule has 5 atom stereocenters. The third-order valence-corrected chi connectivity index (χ3v) is 1.79. The van der Waals surface area contributed by atoms with Crippen LogP contribution in [0.15, 0.2) is 0 Å². The molecular weight excluding hydrogens is 176 g/mol. The van der Waals surface area contributed by atoms with E-state index in [4.69, 9.17) is 32.0 Å². The van der Waals surface area contributed by atoms with Gasteiger partial charge in [0.2, 0.25) is 0 Å². The summed E-state index contributed by atoms with van der Waals surface area (Å²) < 4.78 is 4.52. The van der Waals surface area contributed by atoms with Crippen molar-refractivity contribution in [2.24, 2.45) is 0 Å². The van der Waals surface area contributed by atoms with Crippen LogP contribution in [-0.4, -0.2) is 50.6 Å². The van der Waals surface area contributed by atoms with E-state index in [9.17, 15) is 0 Å². The molecule has 0 saturated carbocycles. The quantitative estimate of drug-likeness (QED) is 0.354. The van der Waals surface area contributed by atoms with Crippen LogP contribution in [0.1, 0.15) is 0 Å². The predicted octanol–water partition coefficient (Wildman–Crippen LogP) is -2.02. The zero-order valence-corrected chi connectivity index (χ0v) is 6.22. The number of alkyl halides is 1. The molecule has 1 fully saturated rings. The SMILES string of the molecule is OC(Cl)[C@H]1O[C@H](O)[C@H](O)[C@@H]1O. The summed E-state index contributed by atoms with van der Waals surface area (Å²) in [5.74, 6) is 0. The van der Waals surface area contributed by atoms with Gasteiger partial charge in [0.15, 0.2) is 11.9 Å². The fourth-order valence-corrected chi connectivity index (χ4v) is 1.12. The van der Waals surface area contributed by atoms with Crippen molar-refractivity contribution >= 4 is 11.6 Å². The number of hydrogen-bond acceptors (Lipinski definition) is 5. The Hall–Kier alpha value is 0.0900. The van der Waals surface area contributed by atoms with Crippen molar-refractivity contribution in [3.63, 3.8) is 0 Å². The summed E-state index contributed by atoms with van der Waals surface area (Å²) in [5.41, 5.74) is -1.43.